The molecule has 1 spiro atoms. The van der Waals surface area contributed by atoms with Crippen LogP contribution >= 0.6 is 0 Å². The molecule has 0 aromatic heterocycles. The number of rotatable bonds is 1. The minimum Gasteiger partial charge on any atom is -0.355 e. The first-order chi connectivity index (χ1) is 10.3. The van der Waals surface area contributed by atoms with Gasteiger partial charge in [-0.1, -0.05) is 0 Å². The van der Waals surface area contributed by atoms with Crippen molar-refractivity contribution in [3.63, 3.8) is 0 Å². The van der Waals surface area contributed by atoms with Gasteiger partial charge in [-0.15, -0.1) is 0 Å². The summed E-state index contributed by atoms with van der Waals surface area (Å²) in [7, 11) is 1.58. The van der Waals surface area contributed by atoms with Gasteiger partial charge in [0.2, 0.25) is 5.91 Å². The topological polar surface area (TPSA) is 93.8 Å². The summed E-state index contributed by atoms with van der Waals surface area (Å²) in [5, 5.41) is 8.33. The molecular formula is C14H25N5O3. The van der Waals surface area contributed by atoms with Crippen molar-refractivity contribution >= 4 is 18.0 Å². The van der Waals surface area contributed by atoms with E-state index in [1.54, 1.807) is 16.8 Å². The normalized spacial score (nSPS) is 25.2. The van der Waals surface area contributed by atoms with E-state index in [0.717, 1.165) is 0 Å². The lowest BCUT2D eigenvalue weighted by Gasteiger charge is -2.32. The van der Waals surface area contributed by atoms with Crippen molar-refractivity contribution in [1.29, 1.82) is 0 Å². The van der Waals surface area contributed by atoms with Crippen molar-refractivity contribution in [2.45, 2.75) is 26.3 Å². The largest absolute Gasteiger partial charge is 0.355 e. The highest BCUT2D eigenvalue weighted by atomic mass is 16.2. The van der Waals surface area contributed by atoms with Gasteiger partial charge in [0.1, 0.15) is 0 Å². The van der Waals surface area contributed by atoms with Crippen LogP contribution in [0.5, 0.6) is 0 Å². The van der Waals surface area contributed by atoms with Gasteiger partial charge in [-0.25, -0.2) is 9.59 Å². The predicted molar refractivity (Wildman–Crippen MR) is 81.3 cm³/mol. The third kappa shape index (κ3) is 3.61. The number of hydrogen-bond donors (Lipinski definition) is 3. The summed E-state index contributed by atoms with van der Waals surface area (Å²) in [5.41, 5.74) is -0.408. The third-order valence-electron chi connectivity index (χ3n) is 4.09. The minimum absolute atomic E-state index is 0.0250. The molecule has 1 unspecified atom stereocenters. The van der Waals surface area contributed by atoms with E-state index in [-0.39, 0.29) is 24.0 Å². The van der Waals surface area contributed by atoms with E-state index in [9.17, 15) is 14.4 Å². The summed E-state index contributed by atoms with van der Waals surface area (Å²) in [6.45, 7) is 6.16. The van der Waals surface area contributed by atoms with E-state index in [0.29, 0.717) is 39.1 Å². The lowest BCUT2D eigenvalue weighted by atomic mass is 9.86. The first kappa shape index (κ1) is 16.4. The molecule has 3 N–H and O–H groups in total. The average molecular weight is 311 g/mol. The number of hydrogen-bond acceptors (Lipinski definition) is 3. The molecule has 0 radical (unpaired) electrons. The molecule has 2 aliphatic heterocycles. The Labute approximate surface area is 130 Å². The zero-order valence-electron chi connectivity index (χ0n) is 13.4. The van der Waals surface area contributed by atoms with Crippen LogP contribution in [0.2, 0.25) is 0 Å². The zero-order valence-corrected chi connectivity index (χ0v) is 13.4. The van der Waals surface area contributed by atoms with Crippen LogP contribution in [-0.4, -0.2) is 73.6 Å². The van der Waals surface area contributed by atoms with E-state index in [1.165, 1.54) is 0 Å². The average Bonchev–Trinajstić information content (AvgIpc) is 2.69. The molecule has 0 aliphatic carbocycles. The number of nitrogens with one attached hydrogen (secondary N) is 3. The molecule has 0 saturated carbocycles. The molecule has 8 heteroatoms. The van der Waals surface area contributed by atoms with E-state index >= 15 is 0 Å². The molecule has 22 heavy (non-hydrogen) atoms. The van der Waals surface area contributed by atoms with Crippen molar-refractivity contribution in [3.8, 4) is 0 Å². The van der Waals surface area contributed by atoms with Gasteiger partial charge in [0.25, 0.3) is 0 Å². The second-order valence-corrected chi connectivity index (χ2v) is 6.46. The molecule has 5 amide bonds. The Hall–Kier alpha value is -1.99. The summed E-state index contributed by atoms with van der Waals surface area (Å²) in [5.74, 6) is -0.0250. The van der Waals surface area contributed by atoms with Gasteiger partial charge >= 0.3 is 12.1 Å². The van der Waals surface area contributed by atoms with Gasteiger partial charge in [-0.05, 0) is 13.8 Å². The Morgan fingerprint density at radius 3 is 2.23 bits per heavy atom. The van der Waals surface area contributed by atoms with Gasteiger partial charge < -0.3 is 25.8 Å². The van der Waals surface area contributed by atoms with Crippen LogP contribution in [0.1, 0.15) is 20.3 Å². The number of carbonyl (C=O) groups excluding carboxylic acids is 3. The maximum absolute atomic E-state index is 12.3. The molecule has 8 nitrogen and oxygen atoms in total. The molecule has 0 aromatic carbocycles. The van der Waals surface area contributed by atoms with E-state index < -0.39 is 5.41 Å². The molecule has 124 valence electrons. The molecule has 2 aliphatic rings. The molecular weight excluding hydrogens is 286 g/mol. The molecule has 0 bridgehead atoms. The van der Waals surface area contributed by atoms with Crippen molar-refractivity contribution in [1.82, 2.24) is 25.8 Å². The Morgan fingerprint density at radius 1 is 1.18 bits per heavy atom. The van der Waals surface area contributed by atoms with E-state index in [1.807, 2.05) is 13.8 Å². The fourth-order valence-corrected chi connectivity index (χ4v) is 3.08. The summed E-state index contributed by atoms with van der Waals surface area (Å²) >= 11 is 0. The fourth-order valence-electron chi connectivity index (χ4n) is 3.08. The van der Waals surface area contributed by atoms with Gasteiger partial charge in [0, 0.05) is 57.6 Å². The van der Waals surface area contributed by atoms with Crippen molar-refractivity contribution in [3.05, 3.63) is 0 Å². The molecule has 0 aromatic rings. The van der Waals surface area contributed by atoms with Crippen molar-refractivity contribution in [2.24, 2.45) is 5.41 Å². The number of amides is 5. The highest BCUT2D eigenvalue weighted by Gasteiger charge is 2.44. The Bertz CT molecular complexity index is 467. The molecule has 2 heterocycles. The number of carbonyl (C=O) groups is 3. The molecule has 2 fully saturated rings. The predicted octanol–water partition coefficient (Wildman–Crippen LogP) is -0.432. The Kier molecular flexibility index (Phi) is 4.77. The van der Waals surface area contributed by atoms with Crippen molar-refractivity contribution < 1.29 is 14.4 Å². The van der Waals surface area contributed by atoms with Crippen LogP contribution in [0.4, 0.5) is 9.59 Å². The second-order valence-electron chi connectivity index (χ2n) is 6.46. The van der Waals surface area contributed by atoms with Gasteiger partial charge in [-0.3, -0.25) is 4.79 Å². The van der Waals surface area contributed by atoms with Crippen LogP contribution in [0.3, 0.4) is 0 Å². The fraction of sp³-hybridized carbons (Fsp3) is 0.786. The maximum Gasteiger partial charge on any atom is 0.317 e. The lowest BCUT2D eigenvalue weighted by Crippen LogP contribution is -2.49. The first-order valence-electron chi connectivity index (χ1n) is 7.64. The summed E-state index contributed by atoms with van der Waals surface area (Å²) in [6, 6.07) is -0.276. The third-order valence-corrected chi connectivity index (χ3v) is 4.09. The van der Waals surface area contributed by atoms with E-state index in [4.69, 9.17) is 0 Å². The minimum atomic E-state index is -0.408. The quantitative estimate of drug-likeness (QED) is 0.613. The standard InChI is InChI=1S/C14H25N5O3/c1-10(2)17-13(22)19-5-4-18(12(21)15-3)8-14(9-19)6-11(20)16-7-14/h10H,4-9H2,1-3H3,(H,15,21)(H,16,20)(H,17,22). The van der Waals surface area contributed by atoms with Gasteiger partial charge in [0.05, 0.1) is 0 Å². The van der Waals surface area contributed by atoms with Crippen LogP contribution in [0.15, 0.2) is 0 Å². The highest BCUT2D eigenvalue weighted by Crippen LogP contribution is 2.30. The maximum atomic E-state index is 12.3. The summed E-state index contributed by atoms with van der Waals surface area (Å²) in [4.78, 5) is 39.4. The molecule has 2 saturated heterocycles. The number of nitrogens with zero attached hydrogens (tertiary/aromatic N) is 2. The number of urea groups is 2. The second kappa shape index (κ2) is 6.41. The highest BCUT2D eigenvalue weighted by molar-refractivity contribution is 5.80. The Balaban J connectivity index is 2.17. The SMILES string of the molecule is CNC(=O)N1CCN(C(=O)NC(C)C)CC2(CNC(=O)C2)C1. The zero-order chi connectivity index (χ0) is 16.3. The van der Waals surface area contributed by atoms with Crippen molar-refractivity contribution in [2.75, 3.05) is 39.8 Å². The van der Waals surface area contributed by atoms with Gasteiger partial charge in [-0.2, -0.15) is 0 Å². The molecule has 1 atom stereocenters. The van der Waals surface area contributed by atoms with Crippen LogP contribution < -0.4 is 16.0 Å². The smallest absolute Gasteiger partial charge is 0.317 e. The Morgan fingerprint density at radius 2 is 1.77 bits per heavy atom. The van der Waals surface area contributed by atoms with E-state index in [2.05, 4.69) is 16.0 Å². The first-order valence-corrected chi connectivity index (χ1v) is 7.64. The molecule has 2 rings (SSSR count). The lowest BCUT2D eigenvalue weighted by molar-refractivity contribution is -0.119. The monoisotopic (exact) mass is 311 g/mol. The summed E-state index contributed by atoms with van der Waals surface area (Å²) < 4.78 is 0. The van der Waals surface area contributed by atoms with Crippen LogP contribution in [-0.2, 0) is 4.79 Å². The summed E-state index contributed by atoms with van der Waals surface area (Å²) in [6.07, 6.45) is 0.339. The van der Waals surface area contributed by atoms with Crippen LogP contribution in [0, 0.1) is 5.41 Å². The van der Waals surface area contributed by atoms with Crippen LogP contribution in [0.25, 0.3) is 0 Å². The van der Waals surface area contributed by atoms with Gasteiger partial charge in [0.15, 0.2) is 0 Å².